The molecule has 2 N–H and O–H groups in total. The van der Waals surface area contributed by atoms with Crippen LogP contribution < -0.4 is 5.73 Å². The molecule has 0 fully saturated rings. The zero-order valence-corrected chi connectivity index (χ0v) is 12.5. The Hall–Kier alpha value is -1.84. The summed E-state index contributed by atoms with van der Waals surface area (Å²) in [7, 11) is 1.73. The molecule has 0 radical (unpaired) electrons. The van der Waals surface area contributed by atoms with Crippen LogP contribution in [0.25, 0.3) is 0 Å². The monoisotopic (exact) mass is 282 g/mol. The summed E-state index contributed by atoms with van der Waals surface area (Å²) in [5, 5.41) is 0. The molecule has 3 heteroatoms. The Morgan fingerprint density at radius 1 is 1.14 bits per heavy atom. The summed E-state index contributed by atoms with van der Waals surface area (Å²) < 4.78 is 5.20. The second-order valence-corrected chi connectivity index (χ2v) is 5.70. The van der Waals surface area contributed by atoms with Gasteiger partial charge in [-0.25, -0.2) is 0 Å². The number of benzene rings is 2. The molecular weight excluding hydrogens is 260 g/mol. The van der Waals surface area contributed by atoms with Gasteiger partial charge in [0.25, 0.3) is 0 Å². The molecule has 1 aliphatic rings. The summed E-state index contributed by atoms with van der Waals surface area (Å²) in [4.78, 5) is 2.46. The van der Waals surface area contributed by atoms with Crippen LogP contribution in [0.15, 0.2) is 42.5 Å². The highest BCUT2D eigenvalue weighted by molar-refractivity contribution is 5.51. The lowest BCUT2D eigenvalue weighted by Gasteiger charge is -2.29. The summed E-state index contributed by atoms with van der Waals surface area (Å²) in [6.45, 7) is 3.66. The van der Waals surface area contributed by atoms with Crippen molar-refractivity contribution in [3.63, 3.8) is 0 Å². The minimum atomic E-state index is 0.670. The van der Waals surface area contributed by atoms with Crippen molar-refractivity contribution in [1.82, 2.24) is 4.90 Å². The first-order chi connectivity index (χ1) is 10.3. The molecule has 0 bridgehead atoms. The first kappa shape index (κ1) is 14.1. The maximum absolute atomic E-state index is 6.12. The van der Waals surface area contributed by atoms with Crippen LogP contribution in [0, 0.1) is 0 Å². The molecule has 0 aromatic heterocycles. The van der Waals surface area contributed by atoms with Crippen molar-refractivity contribution in [3.05, 3.63) is 64.7 Å². The van der Waals surface area contributed by atoms with E-state index in [2.05, 4.69) is 41.3 Å². The Balaban J connectivity index is 1.72. The minimum Gasteiger partial charge on any atom is -0.398 e. The average molecular weight is 282 g/mol. The number of ether oxygens (including phenoxy) is 1. The van der Waals surface area contributed by atoms with Crippen molar-refractivity contribution < 1.29 is 4.74 Å². The molecule has 1 heterocycles. The molecule has 3 nitrogen and oxygen atoms in total. The maximum atomic E-state index is 6.12. The predicted octanol–water partition coefficient (Wildman–Crippen LogP) is 2.97. The fourth-order valence-electron chi connectivity index (χ4n) is 3.04. The second-order valence-electron chi connectivity index (χ2n) is 5.70. The van der Waals surface area contributed by atoms with Gasteiger partial charge in [-0.1, -0.05) is 36.4 Å². The van der Waals surface area contributed by atoms with E-state index in [9.17, 15) is 0 Å². The highest BCUT2D eigenvalue weighted by atomic mass is 16.5. The third-order valence-corrected chi connectivity index (χ3v) is 4.10. The molecule has 0 unspecified atom stereocenters. The number of rotatable bonds is 4. The number of fused-ring (bicyclic) bond motifs is 1. The summed E-state index contributed by atoms with van der Waals surface area (Å²) in [5.41, 5.74) is 12.3. The van der Waals surface area contributed by atoms with Crippen LogP contribution in [0.1, 0.15) is 22.3 Å². The Morgan fingerprint density at radius 2 is 1.95 bits per heavy atom. The Labute approximate surface area is 126 Å². The number of methoxy groups -OCH3 is 1. The molecule has 1 aliphatic heterocycles. The number of nitrogen functional groups attached to an aromatic ring is 1. The molecule has 2 aromatic carbocycles. The van der Waals surface area contributed by atoms with Crippen LogP contribution >= 0.6 is 0 Å². The van der Waals surface area contributed by atoms with E-state index in [1.807, 2.05) is 6.07 Å². The van der Waals surface area contributed by atoms with Gasteiger partial charge in [-0.05, 0) is 34.7 Å². The van der Waals surface area contributed by atoms with Crippen molar-refractivity contribution in [2.24, 2.45) is 0 Å². The Morgan fingerprint density at radius 3 is 2.81 bits per heavy atom. The van der Waals surface area contributed by atoms with E-state index in [-0.39, 0.29) is 0 Å². The molecule has 0 aliphatic carbocycles. The van der Waals surface area contributed by atoms with Gasteiger partial charge < -0.3 is 10.5 Å². The number of hydrogen-bond acceptors (Lipinski definition) is 3. The van der Waals surface area contributed by atoms with E-state index in [4.69, 9.17) is 10.5 Å². The summed E-state index contributed by atoms with van der Waals surface area (Å²) in [5.74, 6) is 0. The van der Waals surface area contributed by atoms with Gasteiger partial charge in [-0.15, -0.1) is 0 Å². The maximum Gasteiger partial charge on any atom is 0.0713 e. The average Bonchev–Trinajstić information content (AvgIpc) is 2.49. The minimum absolute atomic E-state index is 0.670. The fourth-order valence-corrected chi connectivity index (χ4v) is 3.04. The second kappa shape index (κ2) is 6.29. The fraction of sp³-hybridized carbons (Fsp3) is 0.333. The van der Waals surface area contributed by atoms with E-state index in [0.29, 0.717) is 6.61 Å². The molecule has 0 saturated heterocycles. The van der Waals surface area contributed by atoms with Crippen molar-refractivity contribution >= 4 is 5.69 Å². The van der Waals surface area contributed by atoms with Gasteiger partial charge in [0.05, 0.1) is 6.61 Å². The SMILES string of the molecule is COCc1cccc(CN2CCc3cccc(N)c3C2)c1. The first-order valence-electron chi connectivity index (χ1n) is 7.41. The quantitative estimate of drug-likeness (QED) is 0.876. The largest absolute Gasteiger partial charge is 0.398 e. The van der Waals surface area contributed by atoms with Crippen molar-refractivity contribution in [1.29, 1.82) is 0 Å². The van der Waals surface area contributed by atoms with E-state index >= 15 is 0 Å². The number of nitrogens with two attached hydrogens (primary N) is 1. The lowest BCUT2D eigenvalue weighted by atomic mass is 9.97. The van der Waals surface area contributed by atoms with Crippen LogP contribution in [-0.2, 0) is 30.9 Å². The van der Waals surface area contributed by atoms with Gasteiger partial charge in [0.2, 0.25) is 0 Å². The van der Waals surface area contributed by atoms with Crippen LogP contribution in [0.5, 0.6) is 0 Å². The smallest absolute Gasteiger partial charge is 0.0713 e. The molecule has 2 aromatic rings. The summed E-state index contributed by atoms with van der Waals surface area (Å²) >= 11 is 0. The summed E-state index contributed by atoms with van der Waals surface area (Å²) in [6, 6.07) is 14.9. The lowest BCUT2D eigenvalue weighted by Crippen LogP contribution is -2.30. The Kier molecular flexibility index (Phi) is 4.23. The highest BCUT2D eigenvalue weighted by Crippen LogP contribution is 2.25. The molecular formula is C18H22N2O. The van der Waals surface area contributed by atoms with Gasteiger partial charge in [0.1, 0.15) is 0 Å². The molecule has 0 amide bonds. The number of hydrogen-bond donors (Lipinski definition) is 1. The summed E-state index contributed by atoms with van der Waals surface area (Å²) in [6.07, 6.45) is 1.08. The highest BCUT2D eigenvalue weighted by Gasteiger charge is 2.18. The zero-order valence-electron chi connectivity index (χ0n) is 12.5. The van der Waals surface area contributed by atoms with Crippen LogP contribution in [0.4, 0.5) is 5.69 Å². The molecule has 0 saturated carbocycles. The lowest BCUT2D eigenvalue weighted by molar-refractivity contribution is 0.184. The van der Waals surface area contributed by atoms with E-state index in [1.54, 1.807) is 7.11 Å². The normalized spacial score (nSPS) is 14.9. The van der Waals surface area contributed by atoms with Gasteiger partial charge in [-0.2, -0.15) is 0 Å². The third-order valence-electron chi connectivity index (χ3n) is 4.10. The molecule has 21 heavy (non-hydrogen) atoms. The van der Waals surface area contributed by atoms with E-state index in [0.717, 1.165) is 31.7 Å². The molecule has 0 atom stereocenters. The van der Waals surface area contributed by atoms with Gasteiger partial charge in [0, 0.05) is 32.4 Å². The predicted molar refractivity (Wildman–Crippen MR) is 85.8 cm³/mol. The third kappa shape index (κ3) is 3.26. The van der Waals surface area contributed by atoms with Crippen molar-refractivity contribution in [3.8, 4) is 0 Å². The molecule has 3 rings (SSSR count). The van der Waals surface area contributed by atoms with Gasteiger partial charge in [-0.3, -0.25) is 4.90 Å². The molecule has 0 spiro atoms. The van der Waals surface area contributed by atoms with E-state index in [1.165, 1.54) is 22.3 Å². The van der Waals surface area contributed by atoms with Crippen LogP contribution in [0.3, 0.4) is 0 Å². The van der Waals surface area contributed by atoms with E-state index < -0.39 is 0 Å². The van der Waals surface area contributed by atoms with Crippen molar-refractivity contribution in [2.45, 2.75) is 26.1 Å². The Bertz CT molecular complexity index is 624. The standard InChI is InChI=1S/C18H22N2O/c1-21-13-15-5-2-4-14(10-15)11-20-9-8-16-6-3-7-18(19)17(16)12-20/h2-7,10H,8-9,11-13,19H2,1H3. The topological polar surface area (TPSA) is 38.5 Å². The van der Waals surface area contributed by atoms with Crippen LogP contribution in [0.2, 0.25) is 0 Å². The zero-order chi connectivity index (χ0) is 14.7. The van der Waals surface area contributed by atoms with Crippen molar-refractivity contribution in [2.75, 3.05) is 19.4 Å². The number of anilines is 1. The van der Waals surface area contributed by atoms with Gasteiger partial charge >= 0.3 is 0 Å². The first-order valence-corrected chi connectivity index (χ1v) is 7.41. The van der Waals surface area contributed by atoms with Gasteiger partial charge in [0.15, 0.2) is 0 Å². The molecule has 110 valence electrons. The number of nitrogens with zero attached hydrogens (tertiary/aromatic N) is 1. The van der Waals surface area contributed by atoms with Crippen LogP contribution in [-0.4, -0.2) is 18.6 Å².